The van der Waals surface area contributed by atoms with Crippen LogP contribution in [0.2, 0.25) is 0 Å². The van der Waals surface area contributed by atoms with E-state index in [1.165, 1.54) is 33.1 Å². The SMILES string of the molecule is CN(C)C(=O)c1cc(S(=O)(=O)N(C)CC(C)(C)CN)cn1C. The Hall–Kier alpha value is -1.38. The number of rotatable bonds is 6. The molecular weight excluding hydrogens is 304 g/mol. The molecule has 1 aromatic heterocycles. The lowest BCUT2D eigenvalue weighted by atomic mass is 9.94. The van der Waals surface area contributed by atoms with Gasteiger partial charge in [-0.1, -0.05) is 13.8 Å². The van der Waals surface area contributed by atoms with Gasteiger partial charge in [0.05, 0.1) is 0 Å². The first-order valence-electron chi connectivity index (χ1n) is 6.97. The van der Waals surface area contributed by atoms with Gasteiger partial charge in [0.25, 0.3) is 5.91 Å². The first-order valence-corrected chi connectivity index (χ1v) is 8.41. The number of carbonyl (C=O) groups is 1. The van der Waals surface area contributed by atoms with Gasteiger partial charge in [-0.2, -0.15) is 0 Å². The zero-order chi connectivity index (χ0) is 17.3. The second-order valence-electron chi connectivity index (χ2n) is 6.50. The molecule has 0 radical (unpaired) electrons. The molecule has 0 aliphatic carbocycles. The Labute approximate surface area is 132 Å². The van der Waals surface area contributed by atoms with Crippen molar-refractivity contribution in [3.05, 3.63) is 18.0 Å². The smallest absolute Gasteiger partial charge is 0.269 e. The third-order valence-electron chi connectivity index (χ3n) is 3.52. The van der Waals surface area contributed by atoms with Crippen molar-refractivity contribution in [2.24, 2.45) is 18.2 Å². The molecule has 8 heteroatoms. The largest absolute Gasteiger partial charge is 0.345 e. The Kier molecular flexibility index (Phi) is 5.42. The molecule has 1 amide bonds. The third-order valence-corrected chi connectivity index (χ3v) is 5.29. The predicted octanol–water partition coefficient (Wildman–Crippen LogP) is 0.332. The molecule has 0 aliphatic rings. The first kappa shape index (κ1) is 18.7. The molecule has 0 unspecified atom stereocenters. The summed E-state index contributed by atoms with van der Waals surface area (Å²) in [5, 5.41) is 0. The maximum atomic E-state index is 12.6. The van der Waals surface area contributed by atoms with E-state index in [1.807, 2.05) is 13.8 Å². The molecule has 0 aliphatic heterocycles. The van der Waals surface area contributed by atoms with Crippen molar-refractivity contribution in [1.82, 2.24) is 13.8 Å². The van der Waals surface area contributed by atoms with Gasteiger partial charge < -0.3 is 15.2 Å². The average Bonchev–Trinajstić information content (AvgIpc) is 2.79. The molecule has 0 saturated carbocycles. The first-order chi connectivity index (χ1) is 9.92. The van der Waals surface area contributed by atoms with Crippen molar-refractivity contribution in [3.63, 3.8) is 0 Å². The van der Waals surface area contributed by atoms with Crippen molar-refractivity contribution in [2.45, 2.75) is 18.7 Å². The normalized spacial score (nSPS) is 12.7. The van der Waals surface area contributed by atoms with E-state index in [0.717, 1.165) is 0 Å². The molecule has 1 rings (SSSR count). The van der Waals surface area contributed by atoms with Gasteiger partial charge in [-0.3, -0.25) is 4.79 Å². The average molecular weight is 330 g/mol. The van der Waals surface area contributed by atoms with Crippen molar-refractivity contribution in [1.29, 1.82) is 0 Å². The van der Waals surface area contributed by atoms with E-state index in [4.69, 9.17) is 5.73 Å². The quantitative estimate of drug-likeness (QED) is 0.814. The summed E-state index contributed by atoms with van der Waals surface area (Å²) in [5.74, 6) is -0.242. The Bertz CT molecular complexity index is 647. The van der Waals surface area contributed by atoms with E-state index in [1.54, 1.807) is 21.1 Å². The maximum Gasteiger partial charge on any atom is 0.269 e. The third kappa shape index (κ3) is 3.88. The Morgan fingerprint density at radius 2 is 1.86 bits per heavy atom. The summed E-state index contributed by atoms with van der Waals surface area (Å²) in [7, 11) is 2.77. The lowest BCUT2D eigenvalue weighted by molar-refractivity contribution is 0.0818. The van der Waals surface area contributed by atoms with Gasteiger partial charge in [0.2, 0.25) is 10.0 Å². The van der Waals surface area contributed by atoms with E-state index in [9.17, 15) is 13.2 Å². The minimum Gasteiger partial charge on any atom is -0.345 e. The highest BCUT2D eigenvalue weighted by Gasteiger charge is 2.29. The topological polar surface area (TPSA) is 88.6 Å². The molecule has 0 saturated heterocycles. The van der Waals surface area contributed by atoms with Crippen LogP contribution in [0.5, 0.6) is 0 Å². The van der Waals surface area contributed by atoms with Crippen LogP contribution in [0.25, 0.3) is 0 Å². The molecule has 0 aromatic carbocycles. The minimum absolute atomic E-state index is 0.107. The molecule has 0 spiro atoms. The van der Waals surface area contributed by atoms with Crippen LogP contribution in [-0.4, -0.2) is 62.3 Å². The molecule has 1 heterocycles. The number of nitrogens with zero attached hydrogens (tertiary/aromatic N) is 3. The Balaban J connectivity index is 3.14. The van der Waals surface area contributed by atoms with Crippen molar-refractivity contribution in [2.75, 3.05) is 34.2 Å². The highest BCUT2D eigenvalue weighted by Crippen LogP contribution is 2.22. The molecule has 1 aromatic rings. The number of carbonyl (C=O) groups excluding carboxylic acids is 1. The lowest BCUT2D eigenvalue weighted by Crippen LogP contribution is -2.39. The number of amides is 1. The zero-order valence-electron chi connectivity index (χ0n) is 14.1. The lowest BCUT2D eigenvalue weighted by Gasteiger charge is -2.28. The zero-order valence-corrected chi connectivity index (χ0v) is 14.9. The van der Waals surface area contributed by atoms with E-state index in [2.05, 4.69) is 0 Å². The van der Waals surface area contributed by atoms with Crippen LogP contribution < -0.4 is 5.73 Å². The van der Waals surface area contributed by atoms with Gasteiger partial charge >= 0.3 is 0 Å². The summed E-state index contributed by atoms with van der Waals surface area (Å²) >= 11 is 0. The van der Waals surface area contributed by atoms with Crippen LogP contribution in [-0.2, 0) is 17.1 Å². The predicted molar refractivity (Wildman–Crippen MR) is 86.1 cm³/mol. The van der Waals surface area contributed by atoms with E-state index in [-0.39, 0.29) is 16.2 Å². The van der Waals surface area contributed by atoms with Crippen molar-refractivity contribution in [3.8, 4) is 0 Å². The monoisotopic (exact) mass is 330 g/mol. The van der Waals surface area contributed by atoms with Crippen molar-refractivity contribution < 1.29 is 13.2 Å². The number of aryl methyl sites for hydroxylation is 1. The van der Waals surface area contributed by atoms with E-state index < -0.39 is 10.0 Å². The number of hydrogen-bond donors (Lipinski definition) is 1. The van der Waals surface area contributed by atoms with E-state index >= 15 is 0 Å². The van der Waals surface area contributed by atoms with Gasteiger partial charge in [-0.25, -0.2) is 12.7 Å². The standard InChI is InChI=1S/C14H26N4O3S/c1-14(2,9-15)10-18(6)22(20,21)11-7-12(17(5)8-11)13(19)16(3)4/h7-8H,9-10,15H2,1-6H3. The second-order valence-corrected chi connectivity index (χ2v) is 8.55. The van der Waals surface area contributed by atoms with Gasteiger partial charge in [0.1, 0.15) is 10.6 Å². The highest BCUT2D eigenvalue weighted by molar-refractivity contribution is 7.89. The van der Waals surface area contributed by atoms with E-state index in [0.29, 0.717) is 18.8 Å². The van der Waals surface area contributed by atoms with Crippen LogP contribution in [0, 0.1) is 5.41 Å². The minimum atomic E-state index is -3.66. The molecule has 2 N–H and O–H groups in total. The van der Waals surface area contributed by atoms with Crippen LogP contribution in [0.1, 0.15) is 24.3 Å². The molecule has 7 nitrogen and oxygen atoms in total. The van der Waals surface area contributed by atoms with Gasteiger partial charge in [0.15, 0.2) is 0 Å². The number of sulfonamides is 1. The Morgan fingerprint density at radius 1 is 1.32 bits per heavy atom. The van der Waals surface area contributed by atoms with Crippen LogP contribution in [0.3, 0.4) is 0 Å². The summed E-state index contributed by atoms with van der Waals surface area (Å²) in [4.78, 5) is 13.5. The summed E-state index contributed by atoms with van der Waals surface area (Å²) in [6, 6.07) is 1.41. The van der Waals surface area contributed by atoms with Crippen LogP contribution in [0.15, 0.2) is 17.2 Å². The fourth-order valence-electron chi connectivity index (χ4n) is 2.05. The fourth-order valence-corrected chi connectivity index (χ4v) is 3.48. The fraction of sp³-hybridized carbons (Fsp3) is 0.643. The highest BCUT2D eigenvalue weighted by atomic mass is 32.2. The summed E-state index contributed by atoms with van der Waals surface area (Å²) in [5.41, 5.74) is 5.67. The summed E-state index contributed by atoms with van der Waals surface area (Å²) in [6.45, 7) is 4.50. The number of hydrogen-bond acceptors (Lipinski definition) is 4. The summed E-state index contributed by atoms with van der Waals surface area (Å²) in [6.07, 6.45) is 1.46. The molecule has 126 valence electrons. The number of aromatic nitrogens is 1. The molecule has 0 atom stereocenters. The molecular formula is C14H26N4O3S. The van der Waals surface area contributed by atoms with Crippen LogP contribution >= 0.6 is 0 Å². The molecule has 0 fully saturated rings. The van der Waals surface area contributed by atoms with Gasteiger partial charge in [0, 0.05) is 40.9 Å². The molecule has 0 bridgehead atoms. The van der Waals surface area contributed by atoms with Gasteiger partial charge in [-0.05, 0) is 18.0 Å². The molecule has 22 heavy (non-hydrogen) atoms. The van der Waals surface area contributed by atoms with Gasteiger partial charge in [-0.15, -0.1) is 0 Å². The number of nitrogens with two attached hydrogens (primary N) is 1. The maximum absolute atomic E-state index is 12.6. The second kappa shape index (κ2) is 6.39. The summed E-state index contributed by atoms with van der Waals surface area (Å²) < 4.78 is 28.1. The van der Waals surface area contributed by atoms with Crippen LogP contribution in [0.4, 0.5) is 0 Å². The Morgan fingerprint density at radius 3 is 2.32 bits per heavy atom. The van der Waals surface area contributed by atoms with Crippen molar-refractivity contribution >= 4 is 15.9 Å².